The van der Waals surface area contributed by atoms with Gasteiger partial charge in [0.25, 0.3) is 11.5 Å². The largest absolute Gasteiger partial charge is 0.487 e. The van der Waals surface area contributed by atoms with Crippen LogP contribution in [0.1, 0.15) is 27.2 Å². The van der Waals surface area contributed by atoms with Crippen LogP contribution < -0.4 is 15.6 Å². The van der Waals surface area contributed by atoms with Crippen molar-refractivity contribution in [2.45, 2.75) is 20.5 Å². The minimum atomic E-state index is -0.188. The predicted molar refractivity (Wildman–Crippen MR) is 116 cm³/mol. The van der Waals surface area contributed by atoms with E-state index in [2.05, 4.69) is 10.3 Å². The van der Waals surface area contributed by atoms with Gasteiger partial charge in [0.1, 0.15) is 18.0 Å². The zero-order valence-corrected chi connectivity index (χ0v) is 16.8. The third kappa shape index (κ3) is 4.38. The SMILES string of the molecule is Cc1ccc(C(=O)Nc2cccc(OCc3cc(=O)n4cc(C)ccc4n3)c2)cc1. The van der Waals surface area contributed by atoms with Crippen LogP contribution in [-0.2, 0) is 6.61 Å². The maximum atomic E-state index is 12.4. The van der Waals surface area contributed by atoms with Gasteiger partial charge in [-0.05, 0) is 49.7 Å². The number of fused-ring (bicyclic) bond motifs is 1. The third-order valence-corrected chi connectivity index (χ3v) is 4.65. The molecule has 0 aliphatic heterocycles. The highest BCUT2D eigenvalue weighted by molar-refractivity contribution is 6.04. The molecular formula is C24H21N3O3. The smallest absolute Gasteiger partial charge is 0.258 e. The lowest BCUT2D eigenvalue weighted by molar-refractivity contribution is 0.102. The van der Waals surface area contributed by atoms with Crippen molar-refractivity contribution in [3.8, 4) is 5.75 Å². The first-order valence-electron chi connectivity index (χ1n) is 9.58. The summed E-state index contributed by atoms with van der Waals surface area (Å²) in [5, 5.41) is 2.87. The topological polar surface area (TPSA) is 72.7 Å². The van der Waals surface area contributed by atoms with Crippen LogP contribution in [0.4, 0.5) is 5.69 Å². The Labute approximate surface area is 173 Å². The molecule has 0 bridgehead atoms. The Kier molecular flexibility index (Phi) is 5.30. The minimum Gasteiger partial charge on any atom is -0.487 e. The van der Waals surface area contributed by atoms with Crippen LogP contribution in [-0.4, -0.2) is 15.3 Å². The van der Waals surface area contributed by atoms with E-state index in [-0.39, 0.29) is 18.1 Å². The molecule has 2 aromatic heterocycles. The molecule has 150 valence electrons. The van der Waals surface area contributed by atoms with Crippen molar-refractivity contribution < 1.29 is 9.53 Å². The Hall–Kier alpha value is -3.93. The number of pyridine rings is 1. The van der Waals surface area contributed by atoms with Crippen LogP contribution in [0.2, 0.25) is 0 Å². The Morgan fingerprint density at radius 2 is 1.77 bits per heavy atom. The lowest BCUT2D eigenvalue weighted by Gasteiger charge is -2.10. The molecule has 4 rings (SSSR count). The molecule has 0 fully saturated rings. The van der Waals surface area contributed by atoms with Crippen molar-refractivity contribution in [3.63, 3.8) is 0 Å². The molecule has 0 atom stereocenters. The first-order chi connectivity index (χ1) is 14.5. The monoisotopic (exact) mass is 399 g/mol. The number of anilines is 1. The Balaban J connectivity index is 1.46. The molecule has 0 saturated heterocycles. The first-order valence-corrected chi connectivity index (χ1v) is 9.58. The van der Waals surface area contributed by atoms with Gasteiger partial charge in [-0.1, -0.05) is 29.8 Å². The summed E-state index contributed by atoms with van der Waals surface area (Å²) in [5.74, 6) is 0.384. The second-order valence-corrected chi connectivity index (χ2v) is 7.16. The number of carbonyl (C=O) groups is 1. The van der Waals surface area contributed by atoms with Crippen LogP contribution in [0.3, 0.4) is 0 Å². The van der Waals surface area contributed by atoms with Gasteiger partial charge in [0, 0.05) is 29.6 Å². The zero-order chi connectivity index (χ0) is 21.1. The molecule has 2 heterocycles. The van der Waals surface area contributed by atoms with Crippen LogP contribution in [0.5, 0.6) is 5.75 Å². The average Bonchev–Trinajstić information content (AvgIpc) is 2.73. The molecule has 0 radical (unpaired) electrons. The van der Waals surface area contributed by atoms with Gasteiger partial charge in [-0.2, -0.15) is 0 Å². The standard InChI is InChI=1S/C24H21N3O3/c1-16-6-9-18(10-7-16)24(29)26-19-4-3-5-21(12-19)30-15-20-13-23(28)27-14-17(2)8-11-22(27)25-20/h3-14H,15H2,1-2H3,(H,26,29). The van der Waals surface area contributed by atoms with Crippen molar-refractivity contribution in [2.75, 3.05) is 5.32 Å². The number of benzene rings is 2. The average molecular weight is 399 g/mol. The number of nitrogens with zero attached hydrogens (tertiary/aromatic N) is 2. The zero-order valence-electron chi connectivity index (χ0n) is 16.8. The van der Waals surface area contributed by atoms with Crippen LogP contribution in [0.15, 0.2) is 77.7 Å². The van der Waals surface area contributed by atoms with E-state index in [1.165, 1.54) is 10.5 Å². The number of aromatic nitrogens is 2. The maximum Gasteiger partial charge on any atom is 0.258 e. The molecule has 6 heteroatoms. The highest BCUT2D eigenvalue weighted by Crippen LogP contribution is 2.19. The lowest BCUT2D eigenvalue weighted by Crippen LogP contribution is -2.16. The van der Waals surface area contributed by atoms with E-state index in [9.17, 15) is 9.59 Å². The Morgan fingerprint density at radius 1 is 1.00 bits per heavy atom. The number of hydrogen-bond donors (Lipinski definition) is 1. The first kappa shape index (κ1) is 19.4. The van der Waals surface area contributed by atoms with Gasteiger partial charge in [0.2, 0.25) is 0 Å². The summed E-state index contributed by atoms with van der Waals surface area (Å²) in [6, 6.07) is 19.7. The van der Waals surface area contributed by atoms with Gasteiger partial charge in [0.05, 0.1) is 5.69 Å². The molecule has 2 aromatic carbocycles. The number of amides is 1. The molecule has 0 saturated carbocycles. The molecule has 1 amide bonds. The van der Waals surface area contributed by atoms with E-state index in [1.54, 1.807) is 42.6 Å². The maximum absolute atomic E-state index is 12.4. The van der Waals surface area contributed by atoms with E-state index in [1.807, 2.05) is 38.1 Å². The fourth-order valence-electron chi connectivity index (χ4n) is 3.06. The lowest BCUT2D eigenvalue weighted by atomic mass is 10.1. The van der Waals surface area contributed by atoms with Gasteiger partial charge in [-0.25, -0.2) is 4.98 Å². The Bertz CT molecular complexity index is 1280. The number of nitrogens with one attached hydrogen (secondary N) is 1. The van der Waals surface area contributed by atoms with Gasteiger partial charge in [-0.15, -0.1) is 0 Å². The van der Waals surface area contributed by atoms with Crippen molar-refractivity contribution in [3.05, 3.63) is 106 Å². The van der Waals surface area contributed by atoms with Crippen molar-refractivity contribution >= 4 is 17.2 Å². The number of hydrogen-bond acceptors (Lipinski definition) is 4. The normalized spacial score (nSPS) is 10.7. The second-order valence-electron chi connectivity index (χ2n) is 7.16. The molecule has 0 spiro atoms. The highest BCUT2D eigenvalue weighted by Gasteiger charge is 2.08. The fraction of sp³-hybridized carbons (Fsp3) is 0.125. The van der Waals surface area contributed by atoms with Gasteiger partial charge >= 0.3 is 0 Å². The summed E-state index contributed by atoms with van der Waals surface area (Å²) in [6.07, 6.45) is 1.76. The summed E-state index contributed by atoms with van der Waals surface area (Å²) >= 11 is 0. The summed E-state index contributed by atoms with van der Waals surface area (Å²) in [6.45, 7) is 4.05. The molecule has 0 aliphatic rings. The van der Waals surface area contributed by atoms with E-state index in [4.69, 9.17) is 4.74 Å². The number of carbonyl (C=O) groups excluding carboxylic acids is 1. The number of aryl methyl sites for hydroxylation is 2. The molecule has 4 aromatic rings. The Morgan fingerprint density at radius 3 is 2.57 bits per heavy atom. The quantitative estimate of drug-likeness (QED) is 0.547. The van der Waals surface area contributed by atoms with Crippen molar-refractivity contribution in [1.29, 1.82) is 0 Å². The predicted octanol–water partition coefficient (Wildman–Crippen LogP) is 4.14. The van der Waals surface area contributed by atoms with Crippen LogP contribution >= 0.6 is 0 Å². The fourth-order valence-corrected chi connectivity index (χ4v) is 3.06. The van der Waals surface area contributed by atoms with E-state index in [0.717, 1.165) is 11.1 Å². The molecule has 6 nitrogen and oxygen atoms in total. The van der Waals surface area contributed by atoms with Gasteiger partial charge in [-0.3, -0.25) is 14.0 Å². The van der Waals surface area contributed by atoms with E-state index in [0.29, 0.717) is 28.3 Å². The number of rotatable bonds is 5. The third-order valence-electron chi connectivity index (χ3n) is 4.65. The summed E-state index contributed by atoms with van der Waals surface area (Å²) < 4.78 is 7.32. The molecule has 30 heavy (non-hydrogen) atoms. The molecule has 0 aliphatic carbocycles. The molecule has 0 unspecified atom stereocenters. The second kappa shape index (κ2) is 8.21. The minimum absolute atomic E-state index is 0.148. The number of ether oxygens (including phenoxy) is 1. The molecule has 1 N–H and O–H groups in total. The van der Waals surface area contributed by atoms with Gasteiger partial charge < -0.3 is 10.1 Å². The van der Waals surface area contributed by atoms with Crippen molar-refractivity contribution in [1.82, 2.24) is 9.38 Å². The van der Waals surface area contributed by atoms with E-state index < -0.39 is 0 Å². The summed E-state index contributed by atoms with van der Waals surface area (Å²) in [5.41, 5.74) is 4.26. The highest BCUT2D eigenvalue weighted by atomic mass is 16.5. The van der Waals surface area contributed by atoms with Crippen LogP contribution in [0.25, 0.3) is 5.65 Å². The summed E-state index contributed by atoms with van der Waals surface area (Å²) in [7, 11) is 0. The van der Waals surface area contributed by atoms with Gasteiger partial charge in [0.15, 0.2) is 0 Å². The summed E-state index contributed by atoms with van der Waals surface area (Å²) in [4.78, 5) is 29.2. The van der Waals surface area contributed by atoms with Crippen molar-refractivity contribution in [2.24, 2.45) is 0 Å². The van der Waals surface area contributed by atoms with Crippen LogP contribution in [0, 0.1) is 13.8 Å². The van der Waals surface area contributed by atoms with E-state index >= 15 is 0 Å². The molecular weight excluding hydrogens is 378 g/mol.